The van der Waals surface area contributed by atoms with Gasteiger partial charge in [0.2, 0.25) is 0 Å². The number of benzene rings is 1. The van der Waals surface area contributed by atoms with E-state index in [9.17, 15) is 13.2 Å². The van der Waals surface area contributed by atoms with Crippen LogP contribution < -0.4 is 11.5 Å². The van der Waals surface area contributed by atoms with Gasteiger partial charge < -0.3 is 11.5 Å². The summed E-state index contributed by atoms with van der Waals surface area (Å²) in [6.07, 6.45) is -1.10. The highest BCUT2D eigenvalue weighted by atomic mass is 19.4. The zero-order valence-electron chi connectivity index (χ0n) is 13.0. The summed E-state index contributed by atoms with van der Waals surface area (Å²) in [6, 6.07) is 0. The highest BCUT2D eigenvalue weighted by Crippen LogP contribution is 2.43. The van der Waals surface area contributed by atoms with E-state index in [1.165, 1.54) is 0 Å². The van der Waals surface area contributed by atoms with Crippen LogP contribution in [-0.4, -0.2) is 0 Å². The second-order valence-corrected chi connectivity index (χ2v) is 5.39. The molecule has 0 unspecified atom stereocenters. The molecule has 2 nitrogen and oxygen atoms in total. The van der Waals surface area contributed by atoms with E-state index < -0.39 is 11.7 Å². The third kappa shape index (κ3) is 3.63. The Bertz CT molecular complexity index is 460. The van der Waals surface area contributed by atoms with Crippen LogP contribution in [0.1, 0.15) is 62.3 Å². The third-order valence-corrected chi connectivity index (χ3v) is 3.69. The molecule has 120 valence electrons. The van der Waals surface area contributed by atoms with Gasteiger partial charge in [0.1, 0.15) is 0 Å². The molecule has 0 heterocycles. The summed E-state index contributed by atoms with van der Waals surface area (Å²) in [5, 5.41) is 0. The summed E-state index contributed by atoms with van der Waals surface area (Å²) in [5.74, 6) is 0. The Labute approximate surface area is 124 Å². The van der Waals surface area contributed by atoms with E-state index >= 15 is 0 Å². The van der Waals surface area contributed by atoms with E-state index in [2.05, 4.69) is 0 Å². The van der Waals surface area contributed by atoms with Crippen molar-refractivity contribution in [1.29, 1.82) is 0 Å². The van der Waals surface area contributed by atoms with E-state index in [0.717, 1.165) is 6.42 Å². The van der Waals surface area contributed by atoms with Crippen molar-refractivity contribution in [2.75, 3.05) is 11.5 Å². The van der Waals surface area contributed by atoms with Crippen LogP contribution in [0.3, 0.4) is 0 Å². The van der Waals surface area contributed by atoms with E-state index in [0.29, 0.717) is 37.7 Å². The smallest absolute Gasteiger partial charge is 0.398 e. The molecule has 0 aliphatic carbocycles. The van der Waals surface area contributed by atoms with E-state index in [1.54, 1.807) is 0 Å². The van der Waals surface area contributed by atoms with Crippen LogP contribution in [0.15, 0.2) is 0 Å². The Morgan fingerprint density at radius 3 is 1.33 bits per heavy atom. The molecule has 5 heteroatoms. The number of rotatable bonds is 6. The predicted molar refractivity (Wildman–Crippen MR) is 82.3 cm³/mol. The zero-order chi connectivity index (χ0) is 16.2. The lowest BCUT2D eigenvalue weighted by molar-refractivity contribution is -0.138. The van der Waals surface area contributed by atoms with Crippen molar-refractivity contribution in [2.24, 2.45) is 0 Å². The molecule has 1 rings (SSSR count). The summed E-state index contributed by atoms with van der Waals surface area (Å²) in [5.41, 5.74) is 13.1. The lowest BCUT2D eigenvalue weighted by Crippen LogP contribution is -2.19. The van der Waals surface area contributed by atoms with E-state index in [1.807, 2.05) is 20.8 Å². The molecule has 0 aliphatic rings. The highest BCUT2D eigenvalue weighted by Gasteiger charge is 2.38. The van der Waals surface area contributed by atoms with Crippen LogP contribution in [0.2, 0.25) is 0 Å². The van der Waals surface area contributed by atoms with Gasteiger partial charge in [0, 0.05) is 11.4 Å². The molecular weight excluding hydrogens is 277 g/mol. The average molecular weight is 302 g/mol. The van der Waals surface area contributed by atoms with Gasteiger partial charge in [-0.15, -0.1) is 0 Å². The largest absolute Gasteiger partial charge is 0.417 e. The molecule has 1 aromatic carbocycles. The lowest BCUT2D eigenvalue weighted by Gasteiger charge is -2.24. The Balaban J connectivity index is 3.72. The van der Waals surface area contributed by atoms with Crippen molar-refractivity contribution in [1.82, 2.24) is 0 Å². The van der Waals surface area contributed by atoms with Gasteiger partial charge in [-0.2, -0.15) is 13.2 Å². The number of nitrogens with two attached hydrogens (primary N) is 2. The van der Waals surface area contributed by atoms with E-state index in [-0.39, 0.29) is 22.5 Å². The van der Waals surface area contributed by atoms with Crippen molar-refractivity contribution in [3.05, 3.63) is 22.3 Å². The molecule has 0 aromatic heterocycles. The normalized spacial score (nSPS) is 11.9. The maximum Gasteiger partial charge on any atom is 0.417 e. The van der Waals surface area contributed by atoms with Crippen molar-refractivity contribution in [3.63, 3.8) is 0 Å². The van der Waals surface area contributed by atoms with Gasteiger partial charge in [0.05, 0.1) is 5.56 Å². The minimum Gasteiger partial charge on any atom is -0.398 e. The minimum atomic E-state index is -4.41. The quantitative estimate of drug-likeness (QED) is 0.747. The van der Waals surface area contributed by atoms with Crippen LogP contribution in [0.5, 0.6) is 0 Å². The highest BCUT2D eigenvalue weighted by molar-refractivity contribution is 5.73. The fourth-order valence-electron chi connectivity index (χ4n) is 2.84. The first-order valence-electron chi connectivity index (χ1n) is 7.58. The fraction of sp³-hybridized carbons (Fsp3) is 0.625. The Kier molecular flexibility index (Phi) is 5.93. The summed E-state index contributed by atoms with van der Waals surface area (Å²) in [6.45, 7) is 5.68. The summed E-state index contributed by atoms with van der Waals surface area (Å²) < 4.78 is 40.6. The predicted octanol–water partition coefficient (Wildman–Crippen LogP) is 4.73. The molecule has 0 bridgehead atoms. The molecule has 0 atom stereocenters. The van der Waals surface area contributed by atoms with E-state index in [4.69, 9.17) is 11.5 Å². The number of alkyl halides is 3. The Morgan fingerprint density at radius 2 is 1.05 bits per heavy atom. The first kappa shape index (κ1) is 17.7. The SMILES string of the molecule is CCCc1c(N)c(CCC)c(C(F)(F)F)c(CCC)c1N. The topological polar surface area (TPSA) is 52.0 Å². The van der Waals surface area contributed by atoms with Gasteiger partial charge in [-0.25, -0.2) is 0 Å². The first-order chi connectivity index (χ1) is 9.79. The Hall–Kier alpha value is -1.39. The van der Waals surface area contributed by atoms with Crippen LogP contribution in [0.4, 0.5) is 24.5 Å². The lowest BCUT2D eigenvalue weighted by atomic mass is 9.87. The van der Waals surface area contributed by atoms with Gasteiger partial charge in [0.25, 0.3) is 0 Å². The molecule has 0 amide bonds. The molecule has 1 aromatic rings. The van der Waals surface area contributed by atoms with Gasteiger partial charge in [-0.3, -0.25) is 0 Å². The summed E-state index contributed by atoms with van der Waals surface area (Å²) >= 11 is 0. The molecule has 4 N–H and O–H groups in total. The summed E-state index contributed by atoms with van der Waals surface area (Å²) in [7, 11) is 0. The molecule has 0 fully saturated rings. The maximum atomic E-state index is 13.5. The van der Waals surface area contributed by atoms with Crippen molar-refractivity contribution < 1.29 is 13.2 Å². The molecule has 21 heavy (non-hydrogen) atoms. The van der Waals surface area contributed by atoms with Crippen molar-refractivity contribution >= 4 is 11.4 Å². The van der Waals surface area contributed by atoms with Crippen molar-refractivity contribution in [3.8, 4) is 0 Å². The van der Waals surface area contributed by atoms with Crippen LogP contribution in [0.25, 0.3) is 0 Å². The maximum absolute atomic E-state index is 13.5. The Morgan fingerprint density at radius 1 is 0.714 bits per heavy atom. The molecule has 0 saturated heterocycles. The number of hydrogen-bond acceptors (Lipinski definition) is 2. The first-order valence-corrected chi connectivity index (χ1v) is 7.58. The average Bonchev–Trinajstić information content (AvgIpc) is 2.39. The third-order valence-electron chi connectivity index (χ3n) is 3.69. The van der Waals surface area contributed by atoms with Gasteiger partial charge in [-0.1, -0.05) is 40.0 Å². The second-order valence-electron chi connectivity index (χ2n) is 5.39. The molecule has 0 saturated carbocycles. The second kappa shape index (κ2) is 7.05. The molecule has 0 spiro atoms. The fourth-order valence-corrected chi connectivity index (χ4v) is 2.84. The van der Waals surface area contributed by atoms with Gasteiger partial charge >= 0.3 is 6.18 Å². The standard InChI is InChI=1S/C16H25F3N2/c1-4-7-10-13(16(17,18)19)11(8-5-2)15(21)12(9-6-3)14(10)20/h4-9,20-21H2,1-3H3. The molecule has 0 radical (unpaired) electrons. The zero-order valence-corrected chi connectivity index (χ0v) is 13.0. The summed E-state index contributed by atoms with van der Waals surface area (Å²) in [4.78, 5) is 0. The minimum absolute atomic E-state index is 0.228. The molecule has 0 aliphatic heterocycles. The molecular formula is C16H25F3N2. The number of anilines is 2. The monoisotopic (exact) mass is 302 g/mol. The number of hydrogen-bond donors (Lipinski definition) is 2. The van der Waals surface area contributed by atoms with Crippen molar-refractivity contribution in [2.45, 2.75) is 65.5 Å². The number of nitrogen functional groups attached to an aromatic ring is 2. The van der Waals surface area contributed by atoms with Gasteiger partial charge in [0.15, 0.2) is 0 Å². The van der Waals surface area contributed by atoms with Crippen LogP contribution >= 0.6 is 0 Å². The van der Waals surface area contributed by atoms with Crippen LogP contribution in [0, 0.1) is 0 Å². The van der Waals surface area contributed by atoms with Gasteiger partial charge in [-0.05, 0) is 36.0 Å². The number of halogens is 3. The van der Waals surface area contributed by atoms with Crippen LogP contribution in [-0.2, 0) is 25.4 Å².